The highest BCUT2D eigenvalue weighted by Crippen LogP contribution is 2.48. The summed E-state index contributed by atoms with van der Waals surface area (Å²) in [4.78, 5) is 16.6. The summed E-state index contributed by atoms with van der Waals surface area (Å²) < 4.78 is 24.8. The summed E-state index contributed by atoms with van der Waals surface area (Å²) >= 11 is 0. The van der Waals surface area contributed by atoms with Crippen LogP contribution in [0, 0.1) is 0 Å². The number of allylic oxidation sites excluding steroid dienone is 1. The third kappa shape index (κ3) is 6.90. The van der Waals surface area contributed by atoms with Crippen LogP contribution in [-0.2, 0) is 0 Å². The molecule has 8 heteroatoms. The number of aromatic nitrogens is 5. The summed E-state index contributed by atoms with van der Waals surface area (Å²) in [6.07, 6.45) is 5.17. The minimum absolute atomic E-state index is 0.0177. The van der Waals surface area contributed by atoms with Crippen LogP contribution in [-0.4, -0.2) is 24.1 Å². The Kier molecular flexibility index (Phi) is 9.76. The van der Waals surface area contributed by atoms with Crippen molar-refractivity contribution >= 4 is 105 Å². The lowest BCUT2D eigenvalue weighted by Crippen LogP contribution is -2.05. The average molecular weight is 1060 g/mol. The van der Waals surface area contributed by atoms with E-state index in [4.69, 9.17) is 28.2 Å². The number of para-hydroxylation sites is 5. The Bertz CT molecular complexity index is 5560. The minimum atomic E-state index is -0.0177. The molecule has 18 rings (SSSR count). The Balaban J connectivity index is 0.836. The summed E-state index contributed by atoms with van der Waals surface area (Å²) in [7, 11) is 0. The molecule has 6 aromatic heterocycles. The molecule has 6 heterocycles. The normalized spacial score (nSPS) is 13.6. The van der Waals surface area contributed by atoms with Gasteiger partial charge in [0.2, 0.25) is 0 Å². The smallest absolute Gasteiger partial charge is 0.164 e. The fourth-order valence-corrected chi connectivity index (χ4v) is 13.5. The largest absolute Gasteiger partial charge is 0.456 e. The van der Waals surface area contributed by atoms with Gasteiger partial charge in [0.05, 0.1) is 22.1 Å². The van der Waals surface area contributed by atoms with Crippen molar-refractivity contribution in [2.45, 2.75) is 12.3 Å². The molecule has 0 aliphatic heterocycles. The molecule has 11 aromatic carbocycles. The maximum absolute atomic E-state index is 6.87. The average Bonchev–Trinajstić information content (AvgIpc) is 4.57. The van der Waals surface area contributed by atoms with Gasteiger partial charge in [-0.3, -0.25) is 0 Å². The molecular formula is C75H45N5O3. The van der Waals surface area contributed by atoms with E-state index in [0.717, 1.165) is 123 Å². The highest BCUT2D eigenvalue weighted by Gasteiger charge is 2.30. The second-order valence-corrected chi connectivity index (χ2v) is 21.7. The van der Waals surface area contributed by atoms with Crippen LogP contribution in [0.25, 0.3) is 161 Å². The molecule has 0 N–H and O–H groups in total. The van der Waals surface area contributed by atoms with E-state index in [1.54, 1.807) is 0 Å². The van der Waals surface area contributed by atoms with E-state index < -0.39 is 0 Å². The van der Waals surface area contributed by atoms with Crippen LogP contribution in [0.5, 0.6) is 0 Å². The molecule has 0 saturated carbocycles. The van der Waals surface area contributed by atoms with Crippen molar-refractivity contribution in [1.82, 2.24) is 24.1 Å². The third-order valence-corrected chi connectivity index (χ3v) is 17.2. The molecule has 0 saturated heterocycles. The van der Waals surface area contributed by atoms with Crippen molar-refractivity contribution in [3.05, 3.63) is 266 Å². The highest BCUT2D eigenvalue weighted by atomic mass is 16.3. The van der Waals surface area contributed by atoms with Gasteiger partial charge in [0.15, 0.2) is 17.5 Å². The van der Waals surface area contributed by atoms with Gasteiger partial charge in [0.1, 0.15) is 33.7 Å². The maximum Gasteiger partial charge on any atom is 0.164 e. The molecule has 0 fully saturated rings. The van der Waals surface area contributed by atoms with E-state index >= 15 is 0 Å². The number of hydrogen-bond acceptors (Lipinski definition) is 6. The molecule has 388 valence electrons. The van der Waals surface area contributed by atoms with Crippen LogP contribution in [0.15, 0.2) is 262 Å². The molecule has 17 aromatic rings. The fourth-order valence-electron chi connectivity index (χ4n) is 13.5. The molecule has 0 amide bonds. The van der Waals surface area contributed by atoms with Gasteiger partial charge in [-0.2, -0.15) is 0 Å². The summed E-state index contributed by atoms with van der Waals surface area (Å²) in [6, 6.07) is 85.6. The molecule has 0 spiro atoms. The fraction of sp³-hybridized carbons (Fsp3) is 0.0267. The second-order valence-electron chi connectivity index (χ2n) is 21.7. The van der Waals surface area contributed by atoms with Crippen LogP contribution in [0.1, 0.15) is 29.2 Å². The Labute approximate surface area is 474 Å². The van der Waals surface area contributed by atoms with Gasteiger partial charge in [0, 0.05) is 88.0 Å². The van der Waals surface area contributed by atoms with Gasteiger partial charge >= 0.3 is 0 Å². The Morgan fingerprint density at radius 1 is 0.337 bits per heavy atom. The lowest BCUT2D eigenvalue weighted by Gasteiger charge is -2.20. The number of benzene rings is 11. The minimum Gasteiger partial charge on any atom is -0.456 e. The van der Waals surface area contributed by atoms with Crippen LogP contribution in [0.2, 0.25) is 0 Å². The monoisotopic (exact) mass is 1060 g/mol. The number of fused-ring (bicyclic) bond motifs is 15. The first-order chi connectivity index (χ1) is 41.1. The van der Waals surface area contributed by atoms with Crippen molar-refractivity contribution in [1.29, 1.82) is 0 Å². The standard InChI is InChI=1S/C75H45N5O3/c1-3-17-47(18-4-1)79-59-28-10-7-21-50(59)56-41-44(35-38-61(56)79)45-37-40-64-58(42-45)70-54(26-15-32-66(70)82-64)74-76-73(53-25-14-31-65-69(53)52-23-9-12-30-63(52)81-65)77-75(78-74)55-27-16-34-68-72(55)71-49(24-13-33-67(71)83-68)46-36-39-62-57(43-46)51-22-8-11-29-60(51)80(62)48-19-5-2-6-20-48/h1-23,25-43,49H,24H2. The summed E-state index contributed by atoms with van der Waals surface area (Å²) in [6.45, 7) is 0. The summed E-state index contributed by atoms with van der Waals surface area (Å²) in [5.41, 5.74) is 17.8. The third-order valence-electron chi connectivity index (χ3n) is 17.2. The highest BCUT2D eigenvalue weighted by molar-refractivity contribution is 6.16. The number of furan rings is 3. The van der Waals surface area contributed by atoms with Crippen molar-refractivity contribution in [2.75, 3.05) is 0 Å². The molecule has 1 atom stereocenters. The van der Waals surface area contributed by atoms with Crippen LogP contribution >= 0.6 is 0 Å². The molecule has 1 aliphatic rings. The zero-order valence-electron chi connectivity index (χ0n) is 44.5. The van der Waals surface area contributed by atoms with Crippen LogP contribution < -0.4 is 0 Å². The van der Waals surface area contributed by atoms with Crippen LogP contribution in [0.4, 0.5) is 0 Å². The first-order valence-electron chi connectivity index (χ1n) is 28.2. The van der Waals surface area contributed by atoms with Gasteiger partial charge < -0.3 is 22.4 Å². The topological polar surface area (TPSA) is 87.9 Å². The quantitative estimate of drug-likeness (QED) is 0.158. The SMILES string of the molecule is C1=Cc2oc3cccc(-c4nc(-c5cccc6oc7ccccc7c56)nc(-c5cccc6oc7ccc(-c8ccc9c(c8)c8ccccc8n9-c8ccccc8)cc7c56)n4)c3c2C(c2ccc3c(c2)c2ccccc2n3-c2ccccc2)C1. The lowest BCUT2D eigenvalue weighted by molar-refractivity contribution is 0.590. The van der Waals surface area contributed by atoms with Crippen molar-refractivity contribution in [3.63, 3.8) is 0 Å². The lowest BCUT2D eigenvalue weighted by atomic mass is 9.82. The van der Waals surface area contributed by atoms with Crippen LogP contribution in [0.3, 0.4) is 0 Å². The van der Waals surface area contributed by atoms with Gasteiger partial charge in [-0.15, -0.1) is 0 Å². The molecule has 0 bridgehead atoms. The molecule has 1 aliphatic carbocycles. The zero-order chi connectivity index (χ0) is 54.3. The molecule has 1 unspecified atom stereocenters. The molecule has 8 nitrogen and oxygen atoms in total. The van der Waals surface area contributed by atoms with E-state index in [-0.39, 0.29) is 5.92 Å². The van der Waals surface area contributed by atoms with E-state index in [2.05, 4.69) is 215 Å². The Morgan fingerprint density at radius 3 is 1.42 bits per heavy atom. The van der Waals surface area contributed by atoms with E-state index in [1.807, 2.05) is 48.5 Å². The Morgan fingerprint density at radius 2 is 0.795 bits per heavy atom. The first-order valence-corrected chi connectivity index (χ1v) is 28.2. The molecule has 0 radical (unpaired) electrons. The first kappa shape index (κ1) is 45.7. The maximum atomic E-state index is 6.87. The van der Waals surface area contributed by atoms with Gasteiger partial charge in [-0.25, -0.2) is 15.0 Å². The van der Waals surface area contributed by atoms with E-state index in [0.29, 0.717) is 17.5 Å². The summed E-state index contributed by atoms with van der Waals surface area (Å²) in [5, 5.41) is 9.63. The van der Waals surface area contributed by atoms with E-state index in [1.165, 1.54) is 38.1 Å². The van der Waals surface area contributed by atoms with Gasteiger partial charge in [-0.05, 0) is 126 Å². The van der Waals surface area contributed by atoms with Crippen molar-refractivity contribution in [2.24, 2.45) is 0 Å². The van der Waals surface area contributed by atoms with E-state index in [9.17, 15) is 0 Å². The number of rotatable bonds is 7. The van der Waals surface area contributed by atoms with Crippen molar-refractivity contribution < 1.29 is 13.3 Å². The van der Waals surface area contributed by atoms with Gasteiger partial charge in [-0.1, -0.05) is 152 Å². The Hall–Kier alpha value is -11.1. The number of hydrogen-bond donors (Lipinski definition) is 0. The molecule has 83 heavy (non-hydrogen) atoms. The summed E-state index contributed by atoms with van der Waals surface area (Å²) in [5.74, 6) is 2.41. The molecular weight excluding hydrogens is 1020 g/mol. The second kappa shape index (κ2) is 17.7. The predicted molar refractivity (Wildman–Crippen MR) is 337 cm³/mol. The predicted octanol–water partition coefficient (Wildman–Crippen LogP) is 19.8. The van der Waals surface area contributed by atoms with Crippen molar-refractivity contribution in [3.8, 4) is 56.7 Å². The van der Waals surface area contributed by atoms with Gasteiger partial charge in [0.25, 0.3) is 0 Å². The zero-order valence-corrected chi connectivity index (χ0v) is 44.5. The number of nitrogens with zero attached hydrogens (tertiary/aromatic N) is 5.